The molecule has 1 N–H and O–H groups in total. The molecule has 0 aliphatic rings. The van der Waals surface area contributed by atoms with E-state index >= 15 is 0 Å². The first-order valence-corrected chi connectivity index (χ1v) is 6.05. The van der Waals surface area contributed by atoms with Crippen molar-refractivity contribution >= 4 is 0 Å². The van der Waals surface area contributed by atoms with Crippen LogP contribution in [0, 0.1) is 6.92 Å². The highest BCUT2D eigenvalue weighted by molar-refractivity contribution is 5.28. The van der Waals surface area contributed by atoms with Crippen LogP contribution in [-0.4, -0.2) is 19.3 Å². The molecule has 0 amide bonds. The van der Waals surface area contributed by atoms with E-state index in [1.165, 1.54) is 11.1 Å². The predicted octanol–water partition coefficient (Wildman–Crippen LogP) is 3.07. The molecule has 0 spiro atoms. The monoisotopic (exact) mass is 221 g/mol. The van der Waals surface area contributed by atoms with Gasteiger partial charge in [0.15, 0.2) is 0 Å². The maximum Gasteiger partial charge on any atom is 0.0671 e. The van der Waals surface area contributed by atoms with Crippen molar-refractivity contribution in [2.45, 2.75) is 39.8 Å². The minimum atomic E-state index is 0.275. The zero-order valence-corrected chi connectivity index (χ0v) is 10.8. The first-order chi connectivity index (χ1) is 7.65. The molecular formula is C14H23NO. The van der Waals surface area contributed by atoms with Gasteiger partial charge in [0.25, 0.3) is 0 Å². The molecule has 2 atom stereocenters. The van der Waals surface area contributed by atoms with Crippen molar-refractivity contribution in [2.24, 2.45) is 0 Å². The van der Waals surface area contributed by atoms with Gasteiger partial charge >= 0.3 is 0 Å². The second-order valence-corrected chi connectivity index (χ2v) is 4.25. The van der Waals surface area contributed by atoms with Crippen LogP contribution in [0.2, 0.25) is 0 Å². The van der Waals surface area contributed by atoms with Gasteiger partial charge in [0.05, 0.1) is 6.10 Å². The quantitative estimate of drug-likeness (QED) is 0.797. The van der Waals surface area contributed by atoms with E-state index in [1.54, 1.807) is 0 Å². The van der Waals surface area contributed by atoms with Crippen LogP contribution in [0.5, 0.6) is 0 Å². The minimum absolute atomic E-state index is 0.275. The lowest BCUT2D eigenvalue weighted by Crippen LogP contribution is -2.29. The Kier molecular flexibility index (Phi) is 5.50. The molecule has 0 heterocycles. The van der Waals surface area contributed by atoms with Crippen molar-refractivity contribution in [3.05, 3.63) is 35.4 Å². The Labute approximate surface area is 99.0 Å². The van der Waals surface area contributed by atoms with Gasteiger partial charge < -0.3 is 10.1 Å². The Morgan fingerprint density at radius 2 is 1.94 bits per heavy atom. The van der Waals surface area contributed by atoms with Crippen molar-refractivity contribution in [3.8, 4) is 0 Å². The molecule has 0 aliphatic carbocycles. The average Bonchev–Trinajstić information content (AvgIpc) is 2.27. The van der Waals surface area contributed by atoms with E-state index in [4.69, 9.17) is 4.74 Å². The van der Waals surface area contributed by atoms with E-state index in [9.17, 15) is 0 Å². The first kappa shape index (κ1) is 13.2. The number of aryl methyl sites for hydroxylation is 1. The predicted molar refractivity (Wildman–Crippen MR) is 68.7 cm³/mol. The number of nitrogens with one attached hydrogen (secondary N) is 1. The molecule has 0 saturated heterocycles. The third-order valence-electron chi connectivity index (χ3n) is 2.82. The van der Waals surface area contributed by atoms with E-state index in [0.717, 1.165) is 13.2 Å². The van der Waals surface area contributed by atoms with Crippen LogP contribution < -0.4 is 5.32 Å². The molecule has 0 bridgehead atoms. The summed E-state index contributed by atoms with van der Waals surface area (Å²) in [7, 11) is 0. The van der Waals surface area contributed by atoms with Crippen LogP contribution in [0.25, 0.3) is 0 Å². The molecule has 0 radical (unpaired) electrons. The van der Waals surface area contributed by atoms with Gasteiger partial charge in [-0.05, 0) is 38.8 Å². The maximum absolute atomic E-state index is 5.50. The van der Waals surface area contributed by atoms with Gasteiger partial charge in [0.2, 0.25) is 0 Å². The zero-order valence-electron chi connectivity index (χ0n) is 10.8. The Morgan fingerprint density at radius 3 is 2.56 bits per heavy atom. The van der Waals surface area contributed by atoms with Gasteiger partial charge in [0, 0.05) is 19.2 Å². The molecule has 0 aliphatic heterocycles. The third kappa shape index (κ3) is 3.95. The highest BCUT2D eigenvalue weighted by atomic mass is 16.5. The van der Waals surface area contributed by atoms with E-state index in [1.807, 2.05) is 6.92 Å². The SMILES string of the molecule is CCOC(C)CNC(C)c1ccccc1C. The molecule has 1 aromatic carbocycles. The average molecular weight is 221 g/mol. The molecule has 0 saturated carbocycles. The topological polar surface area (TPSA) is 21.3 Å². The molecule has 2 nitrogen and oxygen atoms in total. The van der Waals surface area contributed by atoms with Crippen molar-refractivity contribution in [3.63, 3.8) is 0 Å². The second-order valence-electron chi connectivity index (χ2n) is 4.25. The van der Waals surface area contributed by atoms with E-state index in [0.29, 0.717) is 6.04 Å². The number of hydrogen-bond acceptors (Lipinski definition) is 2. The Bertz CT molecular complexity index is 311. The molecular weight excluding hydrogens is 198 g/mol. The molecule has 2 unspecified atom stereocenters. The van der Waals surface area contributed by atoms with Crippen molar-refractivity contribution in [2.75, 3.05) is 13.2 Å². The highest BCUT2D eigenvalue weighted by Gasteiger charge is 2.08. The fourth-order valence-electron chi connectivity index (χ4n) is 1.87. The summed E-state index contributed by atoms with van der Waals surface area (Å²) in [4.78, 5) is 0. The normalized spacial score (nSPS) is 14.8. The molecule has 2 heteroatoms. The number of benzene rings is 1. The summed E-state index contributed by atoms with van der Waals surface area (Å²) in [6.45, 7) is 10.1. The molecule has 16 heavy (non-hydrogen) atoms. The van der Waals surface area contributed by atoms with E-state index in [-0.39, 0.29) is 6.10 Å². The lowest BCUT2D eigenvalue weighted by Gasteiger charge is -2.19. The molecule has 1 rings (SSSR count). The van der Waals surface area contributed by atoms with Crippen molar-refractivity contribution in [1.29, 1.82) is 0 Å². The maximum atomic E-state index is 5.50. The summed E-state index contributed by atoms with van der Waals surface area (Å²) in [5, 5.41) is 3.50. The lowest BCUT2D eigenvalue weighted by molar-refractivity contribution is 0.0743. The number of hydrogen-bond donors (Lipinski definition) is 1. The standard InChI is InChI=1S/C14H23NO/c1-5-16-12(3)10-15-13(4)14-9-7-6-8-11(14)2/h6-9,12-13,15H,5,10H2,1-4H3. The van der Waals surface area contributed by atoms with E-state index in [2.05, 4.69) is 50.4 Å². The summed E-state index contributed by atoms with van der Waals surface area (Å²) >= 11 is 0. The zero-order chi connectivity index (χ0) is 12.0. The summed E-state index contributed by atoms with van der Waals surface area (Å²) in [6, 6.07) is 8.88. The van der Waals surface area contributed by atoms with Crippen molar-refractivity contribution < 1.29 is 4.74 Å². The molecule has 90 valence electrons. The molecule has 1 aromatic rings. The van der Waals surface area contributed by atoms with Gasteiger partial charge in [-0.25, -0.2) is 0 Å². The van der Waals surface area contributed by atoms with Gasteiger partial charge in [-0.3, -0.25) is 0 Å². The number of rotatable bonds is 6. The summed E-state index contributed by atoms with van der Waals surface area (Å²) in [5.74, 6) is 0. The highest BCUT2D eigenvalue weighted by Crippen LogP contribution is 2.16. The van der Waals surface area contributed by atoms with Crippen LogP contribution in [0.15, 0.2) is 24.3 Å². The Balaban J connectivity index is 2.46. The lowest BCUT2D eigenvalue weighted by atomic mass is 10.0. The van der Waals surface area contributed by atoms with Gasteiger partial charge in [-0.1, -0.05) is 24.3 Å². The first-order valence-electron chi connectivity index (χ1n) is 6.05. The van der Waals surface area contributed by atoms with Crippen LogP contribution >= 0.6 is 0 Å². The fraction of sp³-hybridized carbons (Fsp3) is 0.571. The fourth-order valence-corrected chi connectivity index (χ4v) is 1.87. The molecule has 0 aromatic heterocycles. The second kappa shape index (κ2) is 6.66. The van der Waals surface area contributed by atoms with Gasteiger partial charge in [-0.15, -0.1) is 0 Å². The van der Waals surface area contributed by atoms with Crippen molar-refractivity contribution in [1.82, 2.24) is 5.32 Å². The van der Waals surface area contributed by atoms with Crippen LogP contribution in [0.1, 0.15) is 37.9 Å². The van der Waals surface area contributed by atoms with Gasteiger partial charge in [-0.2, -0.15) is 0 Å². The summed E-state index contributed by atoms with van der Waals surface area (Å²) in [6.07, 6.45) is 0.275. The molecule has 0 fully saturated rings. The largest absolute Gasteiger partial charge is 0.377 e. The van der Waals surface area contributed by atoms with Crippen LogP contribution in [0.4, 0.5) is 0 Å². The Morgan fingerprint density at radius 1 is 1.25 bits per heavy atom. The third-order valence-corrected chi connectivity index (χ3v) is 2.82. The minimum Gasteiger partial charge on any atom is -0.377 e. The summed E-state index contributed by atoms with van der Waals surface area (Å²) < 4.78 is 5.50. The summed E-state index contributed by atoms with van der Waals surface area (Å²) in [5.41, 5.74) is 2.71. The van der Waals surface area contributed by atoms with Gasteiger partial charge in [0.1, 0.15) is 0 Å². The van der Waals surface area contributed by atoms with Crippen LogP contribution in [0.3, 0.4) is 0 Å². The van der Waals surface area contributed by atoms with Crippen LogP contribution in [-0.2, 0) is 4.74 Å². The Hall–Kier alpha value is -0.860. The van der Waals surface area contributed by atoms with E-state index < -0.39 is 0 Å². The number of ether oxygens (including phenoxy) is 1. The smallest absolute Gasteiger partial charge is 0.0671 e.